The van der Waals surface area contributed by atoms with Crippen LogP contribution >= 0.6 is 0 Å². The Morgan fingerprint density at radius 3 is 2.36 bits per heavy atom. The van der Waals surface area contributed by atoms with Crippen molar-refractivity contribution >= 4 is 27.3 Å². The van der Waals surface area contributed by atoms with Gasteiger partial charge in [-0.15, -0.1) is 0 Å². The predicted octanol–water partition coefficient (Wildman–Crippen LogP) is 2.55. The summed E-state index contributed by atoms with van der Waals surface area (Å²) < 4.78 is 42.8. The molecular weight excluding hydrogens is 447 g/mol. The number of piperidine rings is 1. The van der Waals surface area contributed by atoms with Crippen LogP contribution in [-0.4, -0.2) is 60.3 Å². The van der Waals surface area contributed by atoms with Gasteiger partial charge in [0, 0.05) is 44.4 Å². The van der Waals surface area contributed by atoms with Gasteiger partial charge in [-0.05, 0) is 30.7 Å². The molecule has 4 heterocycles. The zero-order chi connectivity index (χ0) is 23.0. The van der Waals surface area contributed by atoms with Crippen molar-refractivity contribution in [2.24, 2.45) is 0 Å². The van der Waals surface area contributed by atoms with E-state index in [0.717, 1.165) is 36.3 Å². The highest BCUT2D eigenvalue weighted by molar-refractivity contribution is 7.90. The minimum atomic E-state index is -3.24. The van der Waals surface area contributed by atoms with Crippen LogP contribution in [-0.2, 0) is 16.3 Å². The Kier molecular flexibility index (Phi) is 5.57. The normalized spacial score (nSPS) is 16.7. The van der Waals surface area contributed by atoms with Gasteiger partial charge in [0.25, 0.3) is 0 Å². The van der Waals surface area contributed by atoms with Crippen molar-refractivity contribution in [2.75, 3.05) is 35.7 Å². The highest BCUT2D eigenvalue weighted by Gasteiger charge is 2.29. The summed E-state index contributed by atoms with van der Waals surface area (Å²) in [5.74, 6) is 1.45. The Labute approximate surface area is 191 Å². The number of anilines is 3. The molecule has 2 aliphatic rings. The first-order chi connectivity index (χ1) is 15.9. The third kappa shape index (κ3) is 4.45. The lowest BCUT2D eigenvalue weighted by atomic mass is 10.1. The van der Waals surface area contributed by atoms with Gasteiger partial charge >= 0.3 is 0 Å². The maximum Gasteiger partial charge on any atom is 0.225 e. The number of fused-ring (bicyclic) bond motifs is 1. The number of hydrogen-bond donors (Lipinski definition) is 0. The summed E-state index contributed by atoms with van der Waals surface area (Å²) >= 11 is 0. The second kappa shape index (κ2) is 8.54. The molecule has 0 bridgehead atoms. The van der Waals surface area contributed by atoms with Crippen LogP contribution in [0.4, 0.5) is 21.8 Å². The van der Waals surface area contributed by atoms with Gasteiger partial charge in [-0.2, -0.15) is 0 Å². The van der Waals surface area contributed by atoms with Crippen molar-refractivity contribution in [2.45, 2.75) is 30.3 Å². The van der Waals surface area contributed by atoms with Gasteiger partial charge in [-0.25, -0.2) is 32.7 Å². The van der Waals surface area contributed by atoms with E-state index in [2.05, 4.69) is 19.9 Å². The molecule has 0 atom stereocenters. The van der Waals surface area contributed by atoms with Crippen LogP contribution in [0.3, 0.4) is 0 Å². The second-order valence-electron chi connectivity index (χ2n) is 8.15. The van der Waals surface area contributed by atoms with E-state index in [1.165, 1.54) is 25.0 Å². The molecule has 2 aromatic heterocycles. The summed E-state index contributed by atoms with van der Waals surface area (Å²) in [6.07, 6.45) is 7.34. The van der Waals surface area contributed by atoms with Crippen LogP contribution in [0.25, 0.3) is 0 Å². The van der Waals surface area contributed by atoms with Crippen molar-refractivity contribution in [1.29, 1.82) is 0 Å². The molecule has 0 unspecified atom stereocenters. The average Bonchev–Trinajstić information content (AvgIpc) is 3.25. The van der Waals surface area contributed by atoms with E-state index < -0.39 is 15.7 Å². The summed E-state index contributed by atoms with van der Waals surface area (Å²) in [7, 11) is -3.24. The van der Waals surface area contributed by atoms with Crippen molar-refractivity contribution in [3.05, 3.63) is 54.4 Å². The molecule has 0 amide bonds. The van der Waals surface area contributed by atoms with Gasteiger partial charge in [0.2, 0.25) is 11.8 Å². The van der Waals surface area contributed by atoms with Crippen LogP contribution in [0, 0.1) is 5.82 Å². The number of sulfone groups is 1. The summed E-state index contributed by atoms with van der Waals surface area (Å²) in [6, 6.07) is 6.81. The van der Waals surface area contributed by atoms with Crippen molar-refractivity contribution in [3.63, 3.8) is 0 Å². The number of aromatic nitrogens is 4. The Hall–Kier alpha value is -3.34. The highest BCUT2D eigenvalue weighted by Crippen LogP contribution is 2.37. The molecule has 0 aliphatic carbocycles. The molecule has 1 aromatic carbocycles. The highest BCUT2D eigenvalue weighted by atomic mass is 32.2. The predicted molar refractivity (Wildman–Crippen MR) is 120 cm³/mol. The van der Waals surface area contributed by atoms with Gasteiger partial charge < -0.3 is 14.5 Å². The van der Waals surface area contributed by atoms with Gasteiger partial charge in [-0.3, -0.25) is 0 Å². The molecular formula is C22H23FN6O3S. The van der Waals surface area contributed by atoms with E-state index in [4.69, 9.17) is 4.74 Å². The first-order valence-electron chi connectivity index (χ1n) is 10.7. The van der Waals surface area contributed by atoms with Gasteiger partial charge in [0.1, 0.15) is 18.2 Å². The SMILES string of the molecule is CS(=O)(=O)c1ccc(N2CCc3c(OC4CCN(c5ncc(F)cn5)CC4)ncnc32)cc1. The minimum absolute atomic E-state index is 0.00351. The summed E-state index contributed by atoms with van der Waals surface area (Å²) in [5.41, 5.74) is 1.83. The fourth-order valence-electron chi connectivity index (χ4n) is 4.19. The fraction of sp³-hybridized carbons (Fsp3) is 0.364. The number of ether oxygens (including phenoxy) is 1. The zero-order valence-corrected chi connectivity index (χ0v) is 18.9. The largest absolute Gasteiger partial charge is 0.474 e. The van der Waals surface area contributed by atoms with Crippen LogP contribution in [0.1, 0.15) is 18.4 Å². The minimum Gasteiger partial charge on any atom is -0.474 e. The zero-order valence-electron chi connectivity index (χ0n) is 18.1. The fourth-order valence-corrected chi connectivity index (χ4v) is 4.83. The first kappa shape index (κ1) is 21.5. The molecule has 11 heteroatoms. The summed E-state index contributed by atoms with van der Waals surface area (Å²) in [6.45, 7) is 2.13. The maximum atomic E-state index is 13.1. The number of hydrogen-bond acceptors (Lipinski definition) is 9. The standard InChI is InChI=1S/C22H23FN6O3S/c1-33(30,31)18-4-2-16(3-5-18)29-11-8-19-20(29)26-14-27-21(19)32-17-6-9-28(10-7-17)22-24-12-15(23)13-25-22/h2-5,12-14,17H,6-11H2,1H3. The first-order valence-corrected chi connectivity index (χ1v) is 12.6. The lowest BCUT2D eigenvalue weighted by Crippen LogP contribution is -2.39. The average molecular weight is 471 g/mol. The molecule has 33 heavy (non-hydrogen) atoms. The smallest absolute Gasteiger partial charge is 0.225 e. The van der Waals surface area contributed by atoms with Crippen LogP contribution in [0.15, 0.2) is 47.9 Å². The van der Waals surface area contributed by atoms with E-state index in [-0.39, 0.29) is 11.0 Å². The van der Waals surface area contributed by atoms with Crippen LogP contribution < -0.4 is 14.5 Å². The topological polar surface area (TPSA) is 101 Å². The Morgan fingerprint density at radius 1 is 1.00 bits per heavy atom. The second-order valence-corrected chi connectivity index (χ2v) is 10.2. The molecule has 1 saturated heterocycles. The number of benzene rings is 1. The lowest BCUT2D eigenvalue weighted by molar-refractivity contribution is 0.162. The molecule has 3 aromatic rings. The molecule has 9 nitrogen and oxygen atoms in total. The van der Waals surface area contributed by atoms with E-state index in [9.17, 15) is 12.8 Å². The van der Waals surface area contributed by atoms with Crippen molar-refractivity contribution < 1.29 is 17.5 Å². The van der Waals surface area contributed by atoms with Crippen molar-refractivity contribution in [3.8, 4) is 5.88 Å². The molecule has 5 rings (SSSR count). The molecule has 0 N–H and O–H groups in total. The Balaban J connectivity index is 1.27. The maximum absolute atomic E-state index is 13.1. The van der Waals surface area contributed by atoms with Gasteiger partial charge in [0.05, 0.1) is 22.9 Å². The van der Waals surface area contributed by atoms with E-state index in [0.29, 0.717) is 31.5 Å². The Morgan fingerprint density at radius 2 is 1.70 bits per heavy atom. The summed E-state index contributed by atoms with van der Waals surface area (Å²) in [4.78, 5) is 21.3. The van der Waals surface area contributed by atoms with Gasteiger partial charge in [0.15, 0.2) is 15.7 Å². The summed E-state index contributed by atoms with van der Waals surface area (Å²) in [5, 5.41) is 0. The molecule has 0 spiro atoms. The number of rotatable bonds is 5. The molecule has 0 saturated carbocycles. The monoisotopic (exact) mass is 470 g/mol. The molecule has 1 fully saturated rings. The molecule has 0 radical (unpaired) electrons. The molecule has 172 valence electrons. The number of nitrogens with zero attached hydrogens (tertiary/aromatic N) is 6. The van der Waals surface area contributed by atoms with Crippen LogP contribution in [0.5, 0.6) is 5.88 Å². The third-order valence-corrected chi connectivity index (χ3v) is 7.04. The van der Waals surface area contributed by atoms with Gasteiger partial charge in [-0.1, -0.05) is 0 Å². The quantitative estimate of drug-likeness (QED) is 0.557. The number of halogens is 1. The molecule has 2 aliphatic heterocycles. The Bertz CT molecular complexity index is 1250. The van der Waals surface area contributed by atoms with Crippen molar-refractivity contribution in [1.82, 2.24) is 19.9 Å². The van der Waals surface area contributed by atoms with E-state index >= 15 is 0 Å². The third-order valence-electron chi connectivity index (χ3n) is 5.91. The van der Waals surface area contributed by atoms with E-state index in [1.54, 1.807) is 24.3 Å². The van der Waals surface area contributed by atoms with Crippen LogP contribution in [0.2, 0.25) is 0 Å². The van der Waals surface area contributed by atoms with E-state index in [1.807, 2.05) is 9.80 Å². The lowest BCUT2D eigenvalue weighted by Gasteiger charge is -2.32.